The fraction of sp³-hybridized carbons (Fsp3) is 0.778. The van der Waals surface area contributed by atoms with Crippen molar-refractivity contribution in [1.29, 1.82) is 0 Å². The highest BCUT2D eigenvalue weighted by Crippen LogP contribution is 2.32. The van der Waals surface area contributed by atoms with Crippen molar-refractivity contribution in [2.75, 3.05) is 26.2 Å². The van der Waals surface area contributed by atoms with Crippen LogP contribution in [-0.4, -0.2) is 70.0 Å². The molecule has 3 atom stereocenters. The van der Waals surface area contributed by atoms with E-state index in [4.69, 9.17) is 4.74 Å². The highest BCUT2D eigenvalue weighted by Gasteiger charge is 2.41. The number of aromatic nitrogens is 3. The number of hydrogen-bond acceptors (Lipinski definition) is 5. The van der Waals surface area contributed by atoms with Crippen LogP contribution in [0.25, 0.3) is 0 Å². The molecule has 2 N–H and O–H groups in total. The van der Waals surface area contributed by atoms with Gasteiger partial charge >= 0.3 is 6.03 Å². The molecule has 3 amide bonds. The van der Waals surface area contributed by atoms with Crippen LogP contribution in [0, 0.1) is 5.92 Å². The van der Waals surface area contributed by atoms with E-state index >= 15 is 0 Å². The molecule has 2 fully saturated rings. The Hall–Kier alpha value is -2.16. The molecule has 0 aromatic carbocycles. The quantitative estimate of drug-likeness (QED) is 0.683. The first-order valence-electron chi connectivity index (χ1n) is 9.95. The van der Waals surface area contributed by atoms with Crippen molar-refractivity contribution in [3.8, 4) is 0 Å². The Labute approximate surface area is 159 Å². The zero-order valence-electron chi connectivity index (χ0n) is 16.0. The fourth-order valence-corrected chi connectivity index (χ4v) is 3.86. The number of nitrogens with one attached hydrogen (secondary N) is 2. The third-order valence-electron chi connectivity index (χ3n) is 5.36. The predicted octanol–water partition coefficient (Wildman–Crippen LogP) is 0.774. The van der Waals surface area contributed by atoms with Crippen molar-refractivity contribution in [3.05, 3.63) is 12.7 Å². The minimum absolute atomic E-state index is 0.0276. The zero-order valence-corrected chi connectivity index (χ0v) is 16.0. The Kier molecular flexibility index (Phi) is 7.03. The summed E-state index contributed by atoms with van der Waals surface area (Å²) in [6, 6.07) is -0.0609. The summed E-state index contributed by atoms with van der Waals surface area (Å²) in [7, 11) is 0. The van der Waals surface area contributed by atoms with Gasteiger partial charge in [-0.3, -0.25) is 9.48 Å². The number of hydrogen-bond donors (Lipinski definition) is 2. The van der Waals surface area contributed by atoms with Gasteiger partial charge in [0.05, 0.1) is 25.3 Å². The molecular formula is C18H30N6O3. The summed E-state index contributed by atoms with van der Waals surface area (Å²) in [6.07, 6.45) is 7.42. The lowest BCUT2D eigenvalue weighted by atomic mass is 9.81. The molecule has 0 unspecified atom stereocenters. The van der Waals surface area contributed by atoms with Crippen LogP contribution in [0.4, 0.5) is 4.79 Å². The predicted molar refractivity (Wildman–Crippen MR) is 98.9 cm³/mol. The number of morpholine rings is 1. The molecule has 27 heavy (non-hydrogen) atoms. The number of unbranched alkanes of at least 4 members (excludes halogenated alkanes) is 1. The smallest absolute Gasteiger partial charge is 0.317 e. The molecule has 2 aliphatic rings. The zero-order chi connectivity index (χ0) is 19.1. The maximum Gasteiger partial charge on any atom is 0.317 e. The van der Waals surface area contributed by atoms with E-state index in [1.165, 1.54) is 6.33 Å². The molecule has 9 nitrogen and oxygen atoms in total. The van der Waals surface area contributed by atoms with Crippen LogP contribution in [0.3, 0.4) is 0 Å². The van der Waals surface area contributed by atoms with Gasteiger partial charge in [0.15, 0.2) is 0 Å². The van der Waals surface area contributed by atoms with Crippen LogP contribution in [0.1, 0.15) is 39.0 Å². The van der Waals surface area contributed by atoms with E-state index in [-0.39, 0.29) is 30.0 Å². The van der Waals surface area contributed by atoms with Gasteiger partial charge in [-0.2, -0.15) is 5.10 Å². The molecule has 1 aliphatic heterocycles. The van der Waals surface area contributed by atoms with Gasteiger partial charge in [0.1, 0.15) is 12.7 Å². The number of carbonyl (C=O) groups excluding carboxylic acids is 2. The number of urea groups is 1. The van der Waals surface area contributed by atoms with Gasteiger partial charge < -0.3 is 20.3 Å². The number of fused-ring (bicyclic) bond motifs is 1. The summed E-state index contributed by atoms with van der Waals surface area (Å²) in [5.41, 5.74) is 0. The van der Waals surface area contributed by atoms with Gasteiger partial charge in [0, 0.05) is 25.6 Å². The first-order chi connectivity index (χ1) is 13.2. The molecule has 3 rings (SSSR count). The summed E-state index contributed by atoms with van der Waals surface area (Å²) in [6.45, 7) is 5.06. The Bertz CT molecular complexity index is 608. The third kappa shape index (κ3) is 5.18. The maximum atomic E-state index is 12.6. The summed E-state index contributed by atoms with van der Waals surface area (Å²) >= 11 is 0. The molecular weight excluding hydrogens is 348 g/mol. The highest BCUT2D eigenvalue weighted by molar-refractivity contribution is 5.79. The van der Waals surface area contributed by atoms with Gasteiger partial charge in [-0.05, 0) is 25.7 Å². The largest absolute Gasteiger partial charge is 0.374 e. The van der Waals surface area contributed by atoms with Crippen LogP contribution in [0.15, 0.2) is 12.7 Å². The second kappa shape index (κ2) is 9.68. The number of nitrogens with zero attached hydrogens (tertiary/aromatic N) is 4. The summed E-state index contributed by atoms with van der Waals surface area (Å²) in [4.78, 5) is 30.9. The molecule has 0 radical (unpaired) electrons. The molecule has 2 heterocycles. The Morgan fingerprint density at radius 2 is 2.15 bits per heavy atom. The maximum absolute atomic E-state index is 12.6. The number of ether oxygens (including phenoxy) is 1. The normalized spacial score (nSPS) is 24.9. The van der Waals surface area contributed by atoms with Crippen molar-refractivity contribution in [2.24, 2.45) is 5.92 Å². The molecule has 1 aromatic rings. The SMILES string of the molecule is CCCCNC(=O)N1CCO[C@@H]2CC[C@H](C(=O)NCCn3cncn3)C[C@H]21. The van der Waals surface area contributed by atoms with E-state index in [2.05, 4.69) is 27.6 Å². The van der Waals surface area contributed by atoms with Gasteiger partial charge in [-0.15, -0.1) is 0 Å². The van der Waals surface area contributed by atoms with E-state index in [1.54, 1.807) is 11.0 Å². The lowest BCUT2D eigenvalue weighted by Crippen LogP contribution is -2.59. The lowest BCUT2D eigenvalue weighted by molar-refractivity contribution is -0.131. The average molecular weight is 378 g/mol. The second-order valence-corrected chi connectivity index (χ2v) is 7.22. The molecule has 1 aromatic heterocycles. The Morgan fingerprint density at radius 1 is 1.26 bits per heavy atom. The number of carbonyl (C=O) groups is 2. The number of amides is 3. The van der Waals surface area contributed by atoms with Crippen LogP contribution in [0.2, 0.25) is 0 Å². The fourth-order valence-electron chi connectivity index (χ4n) is 3.86. The van der Waals surface area contributed by atoms with Crippen molar-refractivity contribution >= 4 is 11.9 Å². The summed E-state index contributed by atoms with van der Waals surface area (Å²) in [5.74, 6) is -0.0416. The van der Waals surface area contributed by atoms with E-state index in [0.29, 0.717) is 39.2 Å². The molecule has 1 saturated carbocycles. The second-order valence-electron chi connectivity index (χ2n) is 7.22. The van der Waals surface area contributed by atoms with Crippen LogP contribution < -0.4 is 10.6 Å². The Balaban J connectivity index is 1.50. The monoisotopic (exact) mass is 378 g/mol. The topological polar surface area (TPSA) is 101 Å². The highest BCUT2D eigenvalue weighted by atomic mass is 16.5. The van der Waals surface area contributed by atoms with Crippen LogP contribution in [0.5, 0.6) is 0 Å². The van der Waals surface area contributed by atoms with Crippen molar-refractivity contribution in [1.82, 2.24) is 30.3 Å². The van der Waals surface area contributed by atoms with Crippen molar-refractivity contribution in [2.45, 2.75) is 57.7 Å². The lowest BCUT2D eigenvalue weighted by Gasteiger charge is -2.45. The molecule has 1 aliphatic carbocycles. The first kappa shape index (κ1) is 19.6. The van der Waals surface area contributed by atoms with Crippen molar-refractivity contribution in [3.63, 3.8) is 0 Å². The first-order valence-corrected chi connectivity index (χ1v) is 9.95. The van der Waals surface area contributed by atoms with Crippen LogP contribution in [-0.2, 0) is 16.1 Å². The van der Waals surface area contributed by atoms with E-state index in [9.17, 15) is 9.59 Å². The Morgan fingerprint density at radius 3 is 2.93 bits per heavy atom. The van der Waals surface area contributed by atoms with Gasteiger partial charge in [-0.1, -0.05) is 13.3 Å². The molecule has 0 bridgehead atoms. The van der Waals surface area contributed by atoms with Gasteiger partial charge in [0.2, 0.25) is 5.91 Å². The minimum atomic E-state index is -0.0883. The summed E-state index contributed by atoms with van der Waals surface area (Å²) in [5, 5.41) is 10.0. The molecule has 9 heteroatoms. The van der Waals surface area contributed by atoms with Crippen molar-refractivity contribution < 1.29 is 14.3 Å². The third-order valence-corrected chi connectivity index (χ3v) is 5.36. The number of rotatable bonds is 7. The summed E-state index contributed by atoms with van der Waals surface area (Å²) < 4.78 is 7.56. The van der Waals surface area contributed by atoms with Gasteiger partial charge in [0.25, 0.3) is 0 Å². The molecule has 0 spiro atoms. The van der Waals surface area contributed by atoms with E-state index in [1.807, 2.05) is 4.90 Å². The minimum Gasteiger partial charge on any atom is -0.374 e. The molecule has 1 saturated heterocycles. The van der Waals surface area contributed by atoms with Crippen LogP contribution >= 0.6 is 0 Å². The average Bonchev–Trinajstić information content (AvgIpc) is 3.20. The van der Waals surface area contributed by atoms with Gasteiger partial charge in [-0.25, -0.2) is 9.78 Å². The standard InChI is InChI=1S/C18H30N6O3/c1-2-3-6-21-18(26)24-9-10-27-16-5-4-14(11-15(16)24)17(25)20-7-8-23-13-19-12-22-23/h12-16H,2-11H2,1H3,(H,20,25)(H,21,26)/t14-,15+,16+/m0/s1. The van der Waals surface area contributed by atoms with E-state index < -0.39 is 0 Å². The molecule has 150 valence electrons. The van der Waals surface area contributed by atoms with E-state index in [0.717, 1.165) is 25.7 Å².